The highest BCUT2D eigenvalue weighted by Gasteiger charge is 2.25. The number of nitrogens with zero attached hydrogens (tertiary/aromatic N) is 2. The van der Waals surface area contributed by atoms with Crippen LogP contribution < -0.4 is 0 Å². The minimum Gasteiger partial charge on any atom is -0.372 e. The first-order valence-electron chi connectivity index (χ1n) is 9.85. The zero-order valence-electron chi connectivity index (χ0n) is 16.1. The molecular weight excluding hydrogens is 367 g/mol. The molecule has 4 rings (SSSR count). The molecule has 0 saturated carbocycles. The van der Waals surface area contributed by atoms with E-state index < -0.39 is 0 Å². The van der Waals surface area contributed by atoms with Gasteiger partial charge in [0.25, 0.3) is 5.91 Å². The van der Waals surface area contributed by atoms with E-state index in [1.54, 1.807) is 18.5 Å². The van der Waals surface area contributed by atoms with Crippen LogP contribution in [0.5, 0.6) is 0 Å². The van der Waals surface area contributed by atoms with E-state index >= 15 is 0 Å². The number of aromatic nitrogens is 1. The summed E-state index contributed by atoms with van der Waals surface area (Å²) in [4.78, 5) is 19.0. The summed E-state index contributed by atoms with van der Waals surface area (Å²) < 4.78 is 19.6. The van der Waals surface area contributed by atoms with Gasteiger partial charge in [0.1, 0.15) is 5.82 Å². The first kappa shape index (κ1) is 19.3. The van der Waals surface area contributed by atoms with Crippen molar-refractivity contribution in [3.8, 4) is 11.1 Å². The maximum Gasteiger partial charge on any atom is 0.253 e. The molecule has 4 nitrogen and oxygen atoms in total. The summed E-state index contributed by atoms with van der Waals surface area (Å²) in [6.45, 7) is 1.79. The predicted molar refractivity (Wildman–Crippen MR) is 110 cm³/mol. The van der Waals surface area contributed by atoms with Gasteiger partial charge in [0, 0.05) is 31.0 Å². The van der Waals surface area contributed by atoms with E-state index in [2.05, 4.69) is 4.98 Å². The molecule has 1 atom stereocenters. The van der Waals surface area contributed by atoms with E-state index in [1.165, 1.54) is 12.1 Å². The zero-order valence-corrected chi connectivity index (χ0v) is 16.1. The number of ether oxygens (including phenoxy) is 1. The quantitative estimate of drug-likeness (QED) is 0.634. The van der Waals surface area contributed by atoms with Gasteiger partial charge in [-0.2, -0.15) is 0 Å². The van der Waals surface area contributed by atoms with Gasteiger partial charge in [0.2, 0.25) is 0 Å². The van der Waals surface area contributed by atoms with Crippen molar-refractivity contribution >= 4 is 5.91 Å². The largest absolute Gasteiger partial charge is 0.372 e. The molecule has 5 heteroatoms. The van der Waals surface area contributed by atoms with Gasteiger partial charge in [-0.25, -0.2) is 4.39 Å². The molecule has 1 aliphatic heterocycles. The monoisotopic (exact) mass is 390 g/mol. The molecule has 1 aliphatic rings. The number of hydrogen-bond donors (Lipinski definition) is 0. The minimum atomic E-state index is -0.288. The first-order valence-corrected chi connectivity index (χ1v) is 9.85. The number of rotatable bonds is 5. The maximum atomic E-state index is 13.5. The van der Waals surface area contributed by atoms with E-state index in [-0.39, 0.29) is 17.8 Å². The molecule has 0 spiro atoms. The third-order valence-electron chi connectivity index (χ3n) is 5.14. The normalized spacial score (nSPS) is 16.6. The smallest absolute Gasteiger partial charge is 0.253 e. The third-order valence-corrected chi connectivity index (χ3v) is 5.14. The van der Waals surface area contributed by atoms with Crippen LogP contribution in [0.15, 0.2) is 73.1 Å². The van der Waals surface area contributed by atoms with Crippen LogP contribution in [0.3, 0.4) is 0 Å². The minimum absolute atomic E-state index is 0.0132. The van der Waals surface area contributed by atoms with Crippen molar-refractivity contribution in [2.75, 3.05) is 13.1 Å². The fraction of sp³-hybridized carbons (Fsp3) is 0.250. The van der Waals surface area contributed by atoms with E-state index in [1.807, 2.05) is 47.4 Å². The summed E-state index contributed by atoms with van der Waals surface area (Å²) >= 11 is 0. The van der Waals surface area contributed by atoms with Crippen LogP contribution in [0.1, 0.15) is 28.8 Å². The van der Waals surface area contributed by atoms with Crippen LogP contribution in [0.25, 0.3) is 11.1 Å². The Morgan fingerprint density at radius 1 is 1.10 bits per heavy atom. The number of carbonyl (C=O) groups excluding carboxylic acids is 1. The number of halogens is 1. The van der Waals surface area contributed by atoms with Gasteiger partial charge in [0.15, 0.2) is 0 Å². The van der Waals surface area contributed by atoms with Crippen LogP contribution in [0.4, 0.5) is 4.39 Å². The zero-order chi connectivity index (χ0) is 20.1. The van der Waals surface area contributed by atoms with Crippen molar-refractivity contribution in [3.63, 3.8) is 0 Å². The van der Waals surface area contributed by atoms with Crippen molar-refractivity contribution in [3.05, 3.63) is 90.0 Å². The Hall–Kier alpha value is -3.05. The third kappa shape index (κ3) is 4.87. The molecule has 1 unspecified atom stereocenters. The Morgan fingerprint density at radius 2 is 1.93 bits per heavy atom. The van der Waals surface area contributed by atoms with E-state index in [0.29, 0.717) is 18.7 Å². The van der Waals surface area contributed by atoms with Crippen LogP contribution in [0.2, 0.25) is 0 Å². The Balaban J connectivity index is 1.43. The molecule has 29 heavy (non-hydrogen) atoms. The van der Waals surface area contributed by atoms with Crippen LogP contribution in [-0.2, 0) is 11.3 Å². The molecule has 148 valence electrons. The van der Waals surface area contributed by atoms with Crippen molar-refractivity contribution in [2.45, 2.75) is 25.6 Å². The van der Waals surface area contributed by atoms with Crippen molar-refractivity contribution in [1.82, 2.24) is 9.88 Å². The lowest BCUT2D eigenvalue weighted by Gasteiger charge is -2.33. The molecule has 2 heterocycles. The molecule has 1 amide bonds. The molecule has 1 aromatic heterocycles. The fourth-order valence-corrected chi connectivity index (χ4v) is 3.64. The van der Waals surface area contributed by atoms with Gasteiger partial charge in [-0.3, -0.25) is 9.78 Å². The molecule has 0 aliphatic carbocycles. The second kappa shape index (κ2) is 8.97. The van der Waals surface area contributed by atoms with Gasteiger partial charge in [0.05, 0.1) is 12.7 Å². The van der Waals surface area contributed by atoms with Crippen LogP contribution in [0, 0.1) is 5.82 Å². The molecule has 2 aromatic carbocycles. The summed E-state index contributed by atoms with van der Waals surface area (Å²) in [6, 6.07) is 17.7. The Labute approximate surface area is 170 Å². The highest BCUT2D eigenvalue weighted by atomic mass is 19.1. The first-order chi connectivity index (χ1) is 14.2. The Kier molecular flexibility index (Phi) is 5.96. The van der Waals surface area contributed by atoms with Gasteiger partial charge >= 0.3 is 0 Å². The van der Waals surface area contributed by atoms with Crippen molar-refractivity contribution < 1.29 is 13.9 Å². The number of carbonyl (C=O) groups is 1. The lowest BCUT2D eigenvalue weighted by molar-refractivity contribution is -0.00681. The van der Waals surface area contributed by atoms with Gasteiger partial charge in [-0.15, -0.1) is 0 Å². The number of hydrogen-bond acceptors (Lipinski definition) is 3. The molecule has 3 aromatic rings. The number of likely N-dealkylation sites (tertiary alicyclic amines) is 1. The summed E-state index contributed by atoms with van der Waals surface area (Å²) in [5.41, 5.74) is 3.23. The number of benzene rings is 2. The van der Waals surface area contributed by atoms with E-state index in [9.17, 15) is 9.18 Å². The summed E-state index contributed by atoms with van der Waals surface area (Å²) in [6.07, 6.45) is 5.39. The van der Waals surface area contributed by atoms with Gasteiger partial charge < -0.3 is 9.64 Å². The number of pyridine rings is 1. The highest BCUT2D eigenvalue weighted by Crippen LogP contribution is 2.23. The van der Waals surface area contributed by atoms with Crippen molar-refractivity contribution in [2.24, 2.45) is 0 Å². The fourth-order valence-electron chi connectivity index (χ4n) is 3.64. The molecule has 0 bridgehead atoms. The lowest BCUT2D eigenvalue weighted by atomic mass is 10.0. The maximum absolute atomic E-state index is 13.5. The van der Waals surface area contributed by atoms with Crippen molar-refractivity contribution in [1.29, 1.82) is 0 Å². The second-order valence-corrected chi connectivity index (χ2v) is 7.28. The molecular formula is C24H23FN2O2. The van der Waals surface area contributed by atoms with Crippen LogP contribution in [-0.4, -0.2) is 35.0 Å². The molecule has 1 saturated heterocycles. The topological polar surface area (TPSA) is 42.4 Å². The Morgan fingerprint density at radius 3 is 2.72 bits per heavy atom. The van der Waals surface area contributed by atoms with E-state index in [4.69, 9.17) is 4.74 Å². The molecule has 1 fully saturated rings. The standard InChI is InChI=1S/C24H23FN2O2/c25-22-9-2-7-20(14-22)19-6-1-8-21(13-19)24(28)27-12-4-10-23(16-27)29-17-18-5-3-11-26-15-18/h1-3,5-9,11,13-15,23H,4,10,12,16-17H2. The summed E-state index contributed by atoms with van der Waals surface area (Å²) in [5, 5.41) is 0. The van der Waals surface area contributed by atoms with Gasteiger partial charge in [-0.05, 0) is 59.9 Å². The number of amides is 1. The highest BCUT2D eigenvalue weighted by molar-refractivity contribution is 5.95. The predicted octanol–water partition coefficient (Wildman–Crippen LogP) is 4.71. The summed E-state index contributed by atoms with van der Waals surface area (Å²) in [5.74, 6) is -0.304. The molecule has 0 N–H and O–H groups in total. The number of piperidine rings is 1. The SMILES string of the molecule is O=C(c1cccc(-c2cccc(F)c2)c1)N1CCCC(OCc2cccnc2)C1. The van der Waals surface area contributed by atoms with Crippen LogP contribution >= 0.6 is 0 Å². The molecule has 0 radical (unpaired) electrons. The average Bonchev–Trinajstić information content (AvgIpc) is 2.78. The Bertz CT molecular complexity index is 977. The van der Waals surface area contributed by atoms with E-state index in [0.717, 1.165) is 36.1 Å². The average molecular weight is 390 g/mol. The second-order valence-electron chi connectivity index (χ2n) is 7.28. The summed E-state index contributed by atoms with van der Waals surface area (Å²) in [7, 11) is 0. The van der Waals surface area contributed by atoms with Gasteiger partial charge in [-0.1, -0.05) is 30.3 Å². The lowest BCUT2D eigenvalue weighted by Crippen LogP contribution is -2.43.